The Bertz CT molecular complexity index is 675. The van der Waals surface area contributed by atoms with Crippen molar-refractivity contribution in [2.45, 2.75) is 19.1 Å². The van der Waals surface area contributed by atoms with E-state index >= 15 is 0 Å². The average Bonchev–Trinajstić information content (AvgIpc) is 3.00. The van der Waals surface area contributed by atoms with Gasteiger partial charge < -0.3 is 10.0 Å². The van der Waals surface area contributed by atoms with E-state index in [1.54, 1.807) is 18.0 Å². The molecule has 0 aliphatic carbocycles. The number of rotatable bonds is 3. The van der Waals surface area contributed by atoms with Gasteiger partial charge in [0.05, 0.1) is 4.92 Å². The monoisotopic (exact) mass is 329 g/mol. The summed E-state index contributed by atoms with van der Waals surface area (Å²) in [5.41, 5.74) is -1.58. The summed E-state index contributed by atoms with van der Waals surface area (Å²) >= 11 is 7.13. The molecule has 1 aromatic heterocycles. The Morgan fingerprint density at radius 1 is 1.67 bits per heavy atom. The zero-order valence-corrected chi connectivity index (χ0v) is 12.6. The van der Waals surface area contributed by atoms with Crippen LogP contribution in [0.15, 0.2) is 17.7 Å². The molecule has 0 aromatic carbocycles. The third-order valence-corrected chi connectivity index (χ3v) is 5.06. The number of aliphatic hydroxyl groups is 1. The van der Waals surface area contributed by atoms with Gasteiger partial charge in [-0.15, -0.1) is 11.3 Å². The van der Waals surface area contributed by atoms with Crippen LogP contribution in [0, 0.1) is 15.5 Å². The van der Waals surface area contributed by atoms with Crippen molar-refractivity contribution in [2.24, 2.45) is 0 Å². The molecule has 0 spiro atoms. The third kappa shape index (κ3) is 1.92. The molecule has 0 amide bonds. The number of nitrogens with zero attached hydrogens (tertiary/aromatic N) is 4. The van der Waals surface area contributed by atoms with E-state index < -0.39 is 16.3 Å². The molecule has 2 aliphatic rings. The molecule has 3 heterocycles. The molecule has 2 N–H and O–H groups in total. The van der Waals surface area contributed by atoms with E-state index in [-0.39, 0.29) is 11.6 Å². The van der Waals surface area contributed by atoms with Crippen LogP contribution >= 0.6 is 22.9 Å². The summed E-state index contributed by atoms with van der Waals surface area (Å²) in [6.07, 6.45) is 1.65. The van der Waals surface area contributed by atoms with E-state index in [1.165, 1.54) is 11.3 Å². The highest BCUT2D eigenvalue weighted by Gasteiger charge is 2.58. The predicted octanol–water partition coefficient (Wildman–Crippen LogP) is 1.67. The molecule has 2 aliphatic heterocycles. The van der Waals surface area contributed by atoms with Crippen molar-refractivity contribution in [1.29, 1.82) is 5.41 Å². The SMILES string of the molecule is CC12C(O)=C([N+](=O)[O-])C(=N)N1CCN2Cc1cnc(Cl)s1. The summed E-state index contributed by atoms with van der Waals surface area (Å²) in [6, 6.07) is 0. The van der Waals surface area contributed by atoms with Gasteiger partial charge in [-0.25, -0.2) is 4.98 Å². The van der Waals surface area contributed by atoms with Crippen LogP contribution in [0.1, 0.15) is 11.8 Å². The van der Waals surface area contributed by atoms with E-state index in [2.05, 4.69) is 4.98 Å². The average molecular weight is 330 g/mol. The Morgan fingerprint density at radius 2 is 2.38 bits per heavy atom. The number of aromatic nitrogens is 1. The summed E-state index contributed by atoms with van der Waals surface area (Å²) in [5.74, 6) is -0.629. The largest absolute Gasteiger partial charge is 0.503 e. The molecule has 0 radical (unpaired) electrons. The fraction of sp³-hybridized carbons (Fsp3) is 0.455. The van der Waals surface area contributed by atoms with Gasteiger partial charge >= 0.3 is 5.70 Å². The fourth-order valence-electron chi connectivity index (χ4n) is 2.85. The molecule has 0 saturated carbocycles. The number of amidine groups is 1. The van der Waals surface area contributed by atoms with Crippen LogP contribution < -0.4 is 0 Å². The number of nitrogens with one attached hydrogen (secondary N) is 1. The molecule has 3 rings (SSSR count). The smallest absolute Gasteiger partial charge is 0.351 e. The van der Waals surface area contributed by atoms with Crippen LogP contribution in [0.2, 0.25) is 4.47 Å². The summed E-state index contributed by atoms with van der Waals surface area (Å²) in [6.45, 7) is 3.18. The van der Waals surface area contributed by atoms with Crippen LogP contribution in [-0.2, 0) is 6.54 Å². The molecule has 8 nitrogen and oxygen atoms in total. The summed E-state index contributed by atoms with van der Waals surface area (Å²) in [4.78, 5) is 18.6. The molecule has 10 heteroatoms. The van der Waals surface area contributed by atoms with Crippen LogP contribution in [0.25, 0.3) is 0 Å². The van der Waals surface area contributed by atoms with Crippen molar-refractivity contribution >= 4 is 28.8 Å². The molecule has 1 unspecified atom stereocenters. The molecule has 0 bridgehead atoms. The normalized spacial score (nSPS) is 25.8. The zero-order valence-electron chi connectivity index (χ0n) is 11.0. The lowest BCUT2D eigenvalue weighted by Crippen LogP contribution is -2.49. The maximum absolute atomic E-state index is 11.0. The first kappa shape index (κ1) is 14.2. The first-order valence-electron chi connectivity index (χ1n) is 6.15. The van der Waals surface area contributed by atoms with Crippen molar-refractivity contribution in [3.63, 3.8) is 0 Å². The van der Waals surface area contributed by atoms with Crippen molar-refractivity contribution in [3.8, 4) is 0 Å². The number of hydrogen-bond donors (Lipinski definition) is 2. The van der Waals surface area contributed by atoms with Gasteiger partial charge in [0, 0.05) is 30.7 Å². The molecule has 21 heavy (non-hydrogen) atoms. The first-order chi connectivity index (χ1) is 9.85. The molecule has 112 valence electrons. The van der Waals surface area contributed by atoms with Crippen LogP contribution in [0.3, 0.4) is 0 Å². The Hall–Kier alpha value is -1.71. The second-order valence-corrected chi connectivity index (χ2v) is 6.67. The standard InChI is InChI=1S/C11H12ClN5O3S/c1-11-8(18)7(17(19)20)9(13)16(11)3-2-15(11)5-6-4-14-10(12)21-6/h4,13,18H,2-3,5H2,1H3. The van der Waals surface area contributed by atoms with E-state index in [0.717, 1.165) is 4.88 Å². The van der Waals surface area contributed by atoms with Gasteiger partial charge in [-0.05, 0) is 6.92 Å². The maximum atomic E-state index is 11.0. The van der Waals surface area contributed by atoms with Gasteiger partial charge in [-0.2, -0.15) is 0 Å². The second-order valence-electron chi connectivity index (χ2n) is 4.98. The Morgan fingerprint density at radius 3 is 2.95 bits per heavy atom. The molecule has 1 aromatic rings. The number of aliphatic hydroxyl groups excluding tert-OH is 1. The Kier molecular flexibility index (Phi) is 3.15. The van der Waals surface area contributed by atoms with Crippen molar-refractivity contribution in [3.05, 3.63) is 37.1 Å². The molecular formula is C11H12ClN5O3S. The quantitative estimate of drug-likeness (QED) is 0.645. The van der Waals surface area contributed by atoms with Gasteiger partial charge in [0.15, 0.2) is 10.1 Å². The molecule has 1 saturated heterocycles. The van der Waals surface area contributed by atoms with Gasteiger partial charge in [0.2, 0.25) is 11.6 Å². The highest BCUT2D eigenvalue weighted by Crippen LogP contribution is 2.41. The minimum absolute atomic E-state index is 0.246. The lowest BCUT2D eigenvalue weighted by Gasteiger charge is -2.35. The highest BCUT2D eigenvalue weighted by atomic mass is 35.5. The van der Waals surface area contributed by atoms with E-state index in [9.17, 15) is 15.2 Å². The molecular weight excluding hydrogens is 318 g/mol. The van der Waals surface area contributed by atoms with Gasteiger partial charge in [-0.3, -0.25) is 20.4 Å². The Balaban J connectivity index is 1.96. The second kappa shape index (κ2) is 4.65. The maximum Gasteiger partial charge on any atom is 0.351 e. The number of halogens is 1. The summed E-state index contributed by atoms with van der Waals surface area (Å²) < 4.78 is 0.427. The number of fused-ring (bicyclic) bond motifs is 1. The number of nitro groups is 1. The van der Waals surface area contributed by atoms with Crippen LogP contribution in [0.5, 0.6) is 0 Å². The van der Waals surface area contributed by atoms with E-state index in [0.29, 0.717) is 24.1 Å². The van der Waals surface area contributed by atoms with Crippen LogP contribution in [0.4, 0.5) is 0 Å². The van der Waals surface area contributed by atoms with Crippen molar-refractivity contribution in [1.82, 2.24) is 14.8 Å². The predicted molar refractivity (Wildman–Crippen MR) is 77.0 cm³/mol. The number of hydrogen-bond acceptors (Lipinski definition) is 7. The molecule has 1 atom stereocenters. The summed E-state index contributed by atoms with van der Waals surface area (Å²) in [7, 11) is 0. The summed E-state index contributed by atoms with van der Waals surface area (Å²) in [5, 5.41) is 29.2. The minimum atomic E-state index is -1.06. The van der Waals surface area contributed by atoms with Gasteiger partial charge in [0.25, 0.3) is 0 Å². The fourth-order valence-corrected chi connectivity index (χ4v) is 3.84. The highest BCUT2D eigenvalue weighted by molar-refractivity contribution is 7.15. The van der Waals surface area contributed by atoms with E-state index in [1.807, 2.05) is 4.90 Å². The van der Waals surface area contributed by atoms with Crippen LogP contribution in [-0.4, -0.2) is 49.4 Å². The van der Waals surface area contributed by atoms with Gasteiger partial charge in [-0.1, -0.05) is 11.6 Å². The van der Waals surface area contributed by atoms with Gasteiger partial charge in [0.1, 0.15) is 0 Å². The van der Waals surface area contributed by atoms with Crippen molar-refractivity contribution in [2.75, 3.05) is 13.1 Å². The number of thiazole rings is 1. The van der Waals surface area contributed by atoms with E-state index in [4.69, 9.17) is 17.0 Å². The first-order valence-corrected chi connectivity index (χ1v) is 7.35. The molecule has 1 fully saturated rings. The van der Waals surface area contributed by atoms with Crippen molar-refractivity contribution < 1.29 is 10.0 Å². The zero-order chi connectivity index (χ0) is 15.4. The third-order valence-electron chi connectivity index (χ3n) is 3.96. The minimum Gasteiger partial charge on any atom is -0.503 e. The lowest BCUT2D eigenvalue weighted by atomic mass is 10.1. The lowest BCUT2D eigenvalue weighted by molar-refractivity contribution is -0.418. The Labute approximate surface area is 128 Å². The topological polar surface area (TPSA) is 107 Å².